The Morgan fingerprint density at radius 3 is 2.33 bits per heavy atom. The van der Waals surface area contributed by atoms with Crippen LogP contribution in [-0.2, 0) is 9.53 Å². The second-order valence-corrected chi connectivity index (χ2v) is 7.52. The van der Waals surface area contributed by atoms with Crippen LogP contribution in [0.5, 0.6) is 5.75 Å². The van der Waals surface area contributed by atoms with E-state index in [-0.39, 0.29) is 18.0 Å². The van der Waals surface area contributed by atoms with Gasteiger partial charge >= 0.3 is 6.09 Å². The van der Waals surface area contributed by atoms with Crippen LogP contribution in [0.3, 0.4) is 0 Å². The number of nitrogens with one attached hydrogen (secondary N) is 2. The van der Waals surface area contributed by atoms with Gasteiger partial charge in [0.2, 0.25) is 0 Å². The fraction of sp³-hybridized carbons (Fsp3) is 0.263. The van der Waals surface area contributed by atoms with E-state index < -0.39 is 23.4 Å². The van der Waals surface area contributed by atoms with Crippen LogP contribution in [0.25, 0.3) is 0 Å². The molecule has 0 unspecified atom stereocenters. The molecule has 0 aliphatic carbocycles. The number of rotatable bonds is 5. The number of anilines is 2. The molecule has 0 atom stereocenters. The van der Waals surface area contributed by atoms with Gasteiger partial charge in [0.15, 0.2) is 6.61 Å². The molecule has 0 fully saturated rings. The first-order chi connectivity index (χ1) is 12.6. The third-order valence-corrected chi connectivity index (χ3v) is 3.60. The van der Waals surface area contributed by atoms with Crippen molar-refractivity contribution in [3.63, 3.8) is 0 Å². The van der Waals surface area contributed by atoms with E-state index in [1.807, 2.05) is 0 Å². The lowest BCUT2D eigenvalue weighted by Crippen LogP contribution is -2.28. The normalized spacial score (nSPS) is 10.9. The second-order valence-electron chi connectivity index (χ2n) is 6.61. The molecule has 0 aliphatic heterocycles. The van der Waals surface area contributed by atoms with Crippen molar-refractivity contribution in [2.45, 2.75) is 26.4 Å². The lowest BCUT2D eigenvalue weighted by atomic mass is 10.2. The van der Waals surface area contributed by atoms with Crippen molar-refractivity contribution in [2.75, 3.05) is 17.2 Å². The van der Waals surface area contributed by atoms with Gasteiger partial charge in [0.1, 0.15) is 17.2 Å². The summed E-state index contributed by atoms with van der Waals surface area (Å²) in [6.45, 7) is 4.89. The number of amides is 2. The highest BCUT2D eigenvalue weighted by molar-refractivity contribution is 9.10. The fourth-order valence-corrected chi connectivity index (χ4v) is 2.27. The average molecular weight is 439 g/mol. The molecule has 0 saturated carbocycles. The molecule has 8 heteroatoms. The van der Waals surface area contributed by atoms with Crippen LogP contribution in [0, 0.1) is 5.82 Å². The first-order valence-electron chi connectivity index (χ1n) is 8.10. The maximum absolute atomic E-state index is 13.6. The first-order valence-corrected chi connectivity index (χ1v) is 8.89. The number of hydrogen-bond acceptors (Lipinski definition) is 4. The lowest BCUT2D eigenvalue weighted by Gasteiger charge is -2.20. The van der Waals surface area contributed by atoms with Gasteiger partial charge in [-0.3, -0.25) is 10.1 Å². The number of ether oxygens (including phenoxy) is 2. The van der Waals surface area contributed by atoms with Crippen LogP contribution in [0.4, 0.5) is 20.6 Å². The third kappa shape index (κ3) is 7.26. The van der Waals surface area contributed by atoms with Crippen molar-refractivity contribution in [1.29, 1.82) is 0 Å². The van der Waals surface area contributed by atoms with Gasteiger partial charge in [-0.2, -0.15) is 0 Å². The fourth-order valence-electron chi connectivity index (χ4n) is 2.01. The Hall–Kier alpha value is -2.61. The van der Waals surface area contributed by atoms with Gasteiger partial charge in [0.05, 0.1) is 11.4 Å². The molecule has 27 heavy (non-hydrogen) atoms. The van der Waals surface area contributed by atoms with Crippen molar-refractivity contribution < 1.29 is 23.5 Å². The summed E-state index contributed by atoms with van der Waals surface area (Å²) < 4.78 is 25.0. The van der Waals surface area contributed by atoms with E-state index in [0.29, 0.717) is 5.75 Å². The number of hydrogen-bond donors (Lipinski definition) is 2. The van der Waals surface area contributed by atoms with Crippen molar-refractivity contribution in [1.82, 2.24) is 0 Å². The topological polar surface area (TPSA) is 76.7 Å². The first kappa shape index (κ1) is 20.7. The molecule has 2 rings (SSSR count). The number of carbonyl (C=O) groups excluding carboxylic acids is 2. The van der Waals surface area contributed by atoms with Crippen LogP contribution >= 0.6 is 15.9 Å². The molecule has 6 nitrogen and oxygen atoms in total. The van der Waals surface area contributed by atoms with Crippen molar-refractivity contribution in [3.8, 4) is 5.75 Å². The average Bonchev–Trinajstić information content (AvgIpc) is 2.55. The van der Waals surface area contributed by atoms with Gasteiger partial charge < -0.3 is 14.8 Å². The summed E-state index contributed by atoms with van der Waals surface area (Å²) in [7, 11) is 0. The Kier molecular flexibility index (Phi) is 6.79. The van der Waals surface area contributed by atoms with E-state index in [4.69, 9.17) is 9.47 Å². The summed E-state index contributed by atoms with van der Waals surface area (Å²) in [4.78, 5) is 24.0. The van der Waals surface area contributed by atoms with Crippen LogP contribution in [0.15, 0.2) is 46.9 Å². The summed E-state index contributed by atoms with van der Waals surface area (Å²) in [5.74, 6) is -0.552. The van der Waals surface area contributed by atoms with E-state index in [0.717, 1.165) is 10.5 Å². The SMILES string of the molecule is CC(C)(C)OC(=O)Nc1ccc(F)cc1NC(=O)COc1ccc(Br)cc1. The van der Waals surface area contributed by atoms with Crippen molar-refractivity contribution in [3.05, 3.63) is 52.8 Å². The van der Waals surface area contributed by atoms with Gasteiger partial charge in [0, 0.05) is 4.47 Å². The highest BCUT2D eigenvalue weighted by Crippen LogP contribution is 2.24. The molecule has 2 N–H and O–H groups in total. The van der Waals surface area contributed by atoms with E-state index in [2.05, 4.69) is 26.6 Å². The van der Waals surface area contributed by atoms with Crippen molar-refractivity contribution >= 4 is 39.3 Å². The van der Waals surface area contributed by atoms with Gasteiger partial charge in [-0.1, -0.05) is 15.9 Å². The maximum Gasteiger partial charge on any atom is 0.412 e. The van der Waals surface area contributed by atoms with Gasteiger partial charge in [0.25, 0.3) is 5.91 Å². The Morgan fingerprint density at radius 1 is 1.04 bits per heavy atom. The molecule has 0 saturated heterocycles. The largest absolute Gasteiger partial charge is 0.484 e. The van der Waals surface area contributed by atoms with Crippen LogP contribution in [-0.4, -0.2) is 24.2 Å². The summed E-state index contributed by atoms with van der Waals surface area (Å²) in [6, 6.07) is 10.6. The zero-order valence-corrected chi connectivity index (χ0v) is 16.7. The molecule has 144 valence electrons. The highest BCUT2D eigenvalue weighted by Gasteiger charge is 2.18. The minimum Gasteiger partial charge on any atom is -0.484 e. The van der Waals surface area contributed by atoms with Crippen LogP contribution in [0.2, 0.25) is 0 Å². The van der Waals surface area contributed by atoms with Crippen molar-refractivity contribution in [2.24, 2.45) is 0 Å². The Labute approximate surface area is 165 Å². The number of benzene rings is 2. The Morgan fingerprint density at radius 2 is 1.70 bits per heavy atom. The number of halogens is 2. The molecule has 0 aliphatic rings. The third-order valence-electron chi connectivity index (χ3n) is 3.07. The monoisotopic (exact) mass is 438 g/mol. The molecule has 0 aromatic heterocycles. The van der Waals surface area contributed by atoms with E-state index in [1.165, 1.54) is 12.1 Å². The molecule has 0 bridgehead atoms. The summed E-state index contributed by atoms with van der Waals surface area (Å²) >= 11 is 3.31. The van der Waals surface area contributed by atoms with Gasteiger partial charge in [-0.25, -0.2) is 9.18 Å². The number of carbonyl (C=O) groups is 2. The maximum atomic E-state index is 13.6. The standard InChI is InChI=1S/C19H20BrFN2O4/c1-19(2,3)27-18(25)23-15-9-6-13(21)10-16(15)22-17(24)11-26-14-7-4-12(20)5-8-14/h4-10H,11H2,1-3H3,(H,22,24)(H,23,25). The quantitative estimate of drug-likeness (QED) is 0.691. The Balaban J connectivity index is 2.01. The highest BCUT2D eigenvalue weighted by atomic mass is 79.9. The van der Waals surface area contributed by atoms with Crippen LogP contribution in [0.1, 0.15) is 20.8 Å². The lowest BCUT2D eigenvalue weighted by molar-refractivity contribution is -0.118. The zero-order chi connectivity index (χ0) is 20.0. The van der Waals surface area contributed by atoms with Gasteiger partial charge in [-0.15, -0.1) is 0 Å². The molecule has 2 aromatic rings. The Bertz CT molecular complexity index is 819. The van der Waals surface area contributed by atoms with E-state index in [1.54, 1.807) is 45.0 Å². The summed E-state index contributed by atoms with van der Waals surface area (Å²) in [5, 5.41) is 5.01. The molecule has 2 amide bonds. The molecule has 0 radical (unpaired) electrons. The van der Waals surface area contributed by atoms with Crippen LogP contribution < -0.4 is 15.4 Å². The predicted molar refractivity (Wildman–Crippen MR) is 105 cm³/mol. The minimum absolute atomic E-state index is 0.102. The summed E-state index contributed by atoms with van der Waals surface area (Å²) in [5.41, 5.74) is -0.376. The van der Waals surface area contributed by atoms with E-state index >= 15 is 0 Å². The van der Waals surface area contributed by atoms with Gasteiger partial charge in [-0.05, 0) is 63.2 Å². The van der Waals surface area contributed by atoms with E-state index in [9.17, 15) is 14.0 Å². The predicted octanol–water partition coefficient (Wildman–Crippen LogP) is 4.95. The molecular weight excluding hydrogens is 419 g/mol. The molecular formula is C19H20BrFN2O4. The molecule has 0 heterocycles. The second kappa shape index (κ2) is 8.85. The molecule has 0 spiro atoms. The smallest absolute Gasteiger partial charge is 0.412 e. The minimum atomic E-state index is -0.712. The zero-order valence-electron chi connectivity index (χ0n) is 15.1. The summed E-state index contributed by atoms with van der Waals surface area (Å²) in [6.07, 6.45) is -0.712. The molecule has 2 aromatic carbocycles.